The molecule has 0 radical (unpaired) electrons. The molecule has 0 fully saturated rings. The number of anilines is 2. The summed E-state index contributed by atoms with van der Waals surface area (Å²) in [5, 5.41) is 3.36. The Morgan fingerprint density at radius 3 is 2.44 bits per heavy atom. The summed E-state index contributed by atoms with van der Waals surface area (Å²) in [7, 11) is 0. The Morgan fingerprint density at radius 1 is 1.12 bits per heavy atom. The first-order valence-electron chi connectivity index (χ1n) is 5.44. The Morgan fingerprint density at radius 2 is 1.81 bits per heavy atom. The number of nitrogens with two attached hydrogens (primary N) is 2. The molecule has 0 aliphatic heterocycles. The van der Waals surface area contributed by atoms with Crippen LogP contribution < -0.4 is 16.8 Å². The molecule has 1 unspecified atom stereocenters. The summed E-state index contributed by atoms with van der Waals surface area (Å²) in [6.45, 7) is 2.13. The lowest BCUT2D eigenvalue weighted by molar-refractivity contribution is 0.656. The predicted molar refractivity (Wildman–Crippen MR) is 68.6 cm³/mol. The van der Waals surface area contributed by atoms with Gasteiger partial charge in [0, 0.05) is 28.7 Å². The highest BCUT2D eigenvalue weighted by molar-refractivity contribution is 5.54. The molecule has 3 heteroatoms. The summed E-state index contributed by atoms with van der Waals surface area (Å²) in [5.41, 5.74) is 15.4. The van der Waals surface area contributed by atoms with Crippen LogP contribution in [0.4, 0.5) is 11.4 Å². The van der Waals surface area contributed by atoms with E-state index in [-0.39, 0.29) is 0 Å². The Labute approximate surface area is 95.8 Å². The molecule has 0 bridgehead atoms. The normalized spacial score (nSPS) is 19.9. The van der Waals surface area contributed by atoms with Crippen molar-refractivity contribution in [2.75, 3.05) is 11.1 Å². The minimum Gasteiger partial charge on any atom is -0.402 e. The molecular weight excluding hydrogens is 198 g/mol. The van der Waals surface area contributed by atoms with Crippen LogP contribution in [0.15, 0.2) is 47.8 Å². The Kier molecular flexibility index (Phi) is 2.86. The second-order valence-electron chi connectivity index (χ2n) is 4.21. The van der Waals surface area contributed by atoms with Gasteiger partial charge in [-0.2, -0.15) is 0 Å². The number of rotatable bonds is 2. The molecule has 1 aliphatic rings. The van der Waals surface area contributed by atoms with Gasteiger partial charge in [-0.25, -0.2) is 0 Å². The second kappa shape index (κ2) is 4.31. The molecule has 16 heavy (non-hydrogen) atoms. The third-order valence-electron chi connectivity index (χ3n) is 2.79. The molecule has 1 aliphatic carbocycles. The molecule has 1 aromatic carbocycles. The fourth-order valence-corrected chi connectivity index (χ4v) is 1.72. The molecule has 3 nitrogen and oxygen atoms in total. The number of hydrogen-bond donors (Lipinski definition) is 3. The molecule has 0 heterocycles. The van der Waals surface area contributed by atoms with E-state index in [1.807, 2.05) is 36.4 Å². The molecule has 1 atom stereocenters. The molecule has 5 N–H and O–H groups in total. The topological polar surface area (TPSA) is 64.1 Å². The highest BCUT2D eigenvalue weighted by atomic mass is 14.9. The summed E-state index contributed by atoms with van der Waals surface area (Å²) in [6.07, 6.45) is 4.95. The van der Waals surface area contributed by atoms with Gasteiger partial charge in [0.25, 0.3) is 0 Å². The van der Waals surface area contributed by atoms with E-state index in [0.717, 1.165) is 23.5 Å². The van der Waals surface area contributed by atoms with Crippen LogP contribution in [0.5, 0.6) is 0 Å². The van der Waals surface area contributed by atoms with Crippen molar-refractivity contribution in [1.82, 2.24) is 0 Å². The quantitative estimate of drug-likeness (QED) is 0.664. The van der Waals surface area contributed by atoms with Gasteiger partial charge in [0.15, 0.2) is 0 Å². The van der Waals surface area contributed by atoms with Crippen molar-refractivity contribution in [2.45, 2.75) is 13.3 Å². The molecule has 0 saturated carbocycles. The van der Waals surface area contributed by atoms with E-state index in [9.17, 15) is 0 Å². The van der Waals surface area contributed by atoms with E-state index in [0.29, 0.717) is 5.92 Å². The van der Waals surface area contributed by atoms with Crippen molar-refractivity contribution >= 4 is 11.4 Å². The fraction of sp³-hybridized carbons (Fsp3) is 0.231. The second-order valence-corrected chi connectivity index (χ2v) is 4.21. The summed E-state index contributed by atoms with van der Waals surface area (Å²) < 4.78 is 0. The number of hydrogen-bond acceptors (Lipinski definition) is 3. The molecule has 0 saturated heterocycles. The lowest BCUT2D eigenvalue weighted by Gasteiger charge is -2.20. The van der Waals surface area contributed by atoms with Crippen LogP contribution in [0.25, 0.3) is 0 Å². The van der Waals surface area contributed by atoms with Gasteiger partial charge >= 0.3 is 0 Å². The number of allylic oxidation sites excluding steroid dienone is 4. The average Bonchev–Trinajstić information content (AvgIpc) is 2.27. The Hall–Kier alpha value is -1.90. The van der Waals surface area contributed by atoms with Gasteiger partial charge in [0.2, 0.25) is 0 Å². The van der Waals surface area contributed by atoms with Gasteiger partial charge in [0.05, 0.1) is 0 Å². The van der Waals surface area contributed by atoms with Crippen LogP contribution in [-0.4, -0.2) is 0 Å². The van der Waals surface area contributed by atoms with Crippen LogP contribution in [0.2, 0.25) is 0 Å². The first-order chi connectivity index (χ1) is 7.65. The standard InChI is InChI=1S/C13H17N3/c1-9-8-12(6-7-13(9)15)16-11-4-2-10(14)3-5-11/h2-7,9,16H,8,14-15H2,1H3. The van der Waals surface area contributed by atoms with Crippen LogP contribution in [0.3, 0.4) is 0 Å². The largest absolute Gasteiger partial charge is 0.402 e. The van der Waals surface area contributed by atoms with Gasteiger partial charge in [-0.05, 0) is 42.8 Å². The maximum absolute atomic E-state index is 5.83. The lowest BCUT2D eigenvalue weighted by atomic mass is 9.97. The summed E-state index contributed by atoms with van der Waals surface area (Å²) in [6, 6.07) is 7.73. The smallest absolute Gasteiger partial charge is 0.0383 e. The number of benzene rings is 1. The number of nitrogens with one attached hydrogen (secondary N) is 1. The minimum absolute atomic E-state index is 0.404. The molecule has 84 valence electrons. The van der Waals surface area contributed by atoms with E-state index in [1.165, 1.54) is 5.70 Å². The highest BCUT2D eigenvalue weighted by Gasteiger charge is 2.12. The predicted octanol–water partition coefficient (Wildman–Crippen LogP) is 2.45. The van der Waals surface area contributed by atoms with Crippen LogP contribution in [0, 0.1) is 5.92 Å². The van der Waals surface area contributed by atoms with Gasteiger partial charge in [-0.15, -0.1) is 0 Å². The van der Waals surface area contributed by atoms with Gasteiger partial charge < -0.3 is 16.8 Å². The van der Waals surface area contributed by atoms with E-state index in [4.69, 9.17) is 11.5 Å². The maximum Gasteiger partial charge on any atom is 0.0383 e. The van der Waals surface area contributed by atoms with Gasteiger partial charge in [0.1, 0.15) is 0 Å². The van der Waals surface area contributed by atoms with Crippen molar-refractivity contribution in [3.8, 4) is 0 Å². The molecule has 2 rings (SSSR count). The zero-order valence-corrected chi connectivity index (χ0v) is 9.40. The van der Waals surface area contributed by atoms with Crippen LogP contribution in [-0.2, 0) is 0 Å². The molecule has 0 aromatic heterocycles. The third kappa shape index (κ3) is 2.37. The molecule has 0 spiro atoms. The molecular formula is C13H17N3. The first-order valence-corrected chi connectivity index (χ1v) is 5.44. The Bertz CT molecular complexity index is 429. The van der Waals surface area contributed by atoms with Gasteiger partial charge in [-0.3, -0.25) is 0 Å². The SMILES string of the molecule is CC1CC(Nc2ccc(N)cc2)=CC=C1N. The summed E-state index contributed by atoms with van der Waals surface area (Å²) in [4.78, 5) is 0. The van der Waals surface area contributed by atoms with E-state index < -0.39 is 0 Å². The molecule has 0 amide bonds. The maximum atomic E-state index is 5.83. The third-order valence-corrected chi connectivity index (χ3v) is 2.79. The van der Waals surface area contributed by atoms with Gasteiger partial charge in [-0.1, -0.05) is 6.92 Å². The number of nitrogen functional groups attached to an aromatic ring is 1. The first kappa shape index (κ1) is 10.6. The zero-order valence-electron chi connectivity index (χ0n) is 9.40. The highest BCUT2D eigenvalue weighted by Crippen LogP contribution is 2.23. The van der Waals surface area contributed by atoms with Crippen molar-refractivity contribution in [1.29, 1.82) is 0 Å². The monoisotopic (exact) mass is 215 g/mol. The zero-order chi connectivity index (χ0) is 11.5. The summed E-state index contributed by atoms with van der Waals surface area (Å²) in [5.74, 6) is 0.404. The van der Waals surface area contributed by atoms with Crippen molar-refractivity contribution in [2.24, 2.45) is 11.7 Å². The minimum atomic E-state index is 0.404. The van der Waals surface area contributed by atoms with E-state index >= 15 is 0 Å². The van der Waals surface area contributed by atoms with E-state index in [2.05, 4.69) is 12.2 Å². The lowest BCUT2D eigenvalue weighted by Crippen LogP contribution is -2.15. The summed E-state index contributed by atoms with van der Waals surface area (Å²) >= 11 is 0. The van der Waals surface area contributed by atoms with Crippen molar-refractivity contribution in [3.05, 3.63) is 47.8 Å². The van der Waals surface area contributed by atoms with E-state index in [1.54, 1.807) is 0 Å². The fourth-order valence-electron chi connectivity index (χ4n) is 1.72. The van der Waals surface area contributed by atoms with Crippen LogP contribution in [0.1, 0.15) is 13.3 Å². The van der Waals surface area contributed by atoms with Crippen molar-refractivity contribution in [3.63, 3.8) is 0 Å². The van der Waals surface area contributed by atoms with Crippen molar-refractivity contribution < 1.29 is 0 Å². The Balaban J connectivity index is 2.08. The van der Waals surface area contributed by atoms with Crippen LogP contribution >= 0.6 is 0 Å². The molecule has 1 aromatic rings. The average molecular weight is 215 g/mol.